The van der Waals surface area contributed by atoms with Gasteiger partial charge in [0.1, 0.15) is 5.52 Å². The topological polar surface area (TPSA) is 87.8 Å². The second-order valence-corrected chi connectivity index (χ2v) is 9.01. The van der Waals surface area contributed by atoms with E-state index >= 15 is 0 Å². The molecule has 3 aromatic heterocycles. The number of nitrogens with zero attached hydrogens (tertiary/aromatic N) is 5. The molecule has 192 valence electrons. The molecule has 0 amide bonds. The molecule has 35 heavy (non-hydrogen) atoms. The molecular weight excluding hydrogens is 463 g/mol. The summed E-state index contributed by atoms with van der Waals surface area (Å²) in [6, 6.07) is 5.18. The molecule has 1 N–H and O–H groups in total. The number of pyridine rings is 1. The van der Waals surface area contributed by atoms with Crippen LogP contribution in [0.1, 0.15) is 53.4 Å². The fourth-order valence-corrected chi connectivity index (χ4v) is 4.47. The van der Waals surface area contributed by atoms with Gasteiger partial charge < -0.3 is 9.98 Å². The largest absolute Gasteiger partial charge is 0.334 e. The average Bonchev–Trinajstić information content (AvgIpc) is 3.27. The number of allylic oxidation sites excluding steroid dienone is 2. The smallest absolute Gasteiger partial charge is 0.222 e. The third-order valence-corrected chi connectivity index (χ3v) is 6.58. The van der Waals surface area contributed by atoms with Crippen LogP contribution in [0.15, 0.2) is 48.9 Å². The number of piperidine rings is 1. The molecule has 0 radical (unpaired) electrons. The van der Waals surface area contributed by atoms with Gasteiger partial charge in [0.25, 0.3) is 0 Å². The Bertz CT molecular complexity index is 1060. The van der Waals surface area contributed by atoms with Gasteiger partial charge in [-0.25, -0.2) is 18.5 Å². The van der Waals surface area contributed by atoms with Crippen LogP contribution >= 0.6 is 0 Å². The summed E-state index contributed by atoms with van der Waals surface area (Å²) in [6.45, 7) is 10.1. The fraction of sp³-hybridized carbons (Fsp3) is 0.462. The molecular formula is C26H39FN6OS. The van der Waals surface area contributed by atoms with Crippen molar-refractivity contribution in [3.63, 3.8) is 0 Å². The number of nitrogens with one attached hydrogen (secondary N) is 1. The van der Waals surface area contributed by atoms with Gasteiger partial charge in [0.15, 0.2) is 5.65 Å². The van der Waals surface area contributed by atoms with Gasteiger partial charge >= 0.3 is 0 Å². The van der Waals surface area contributed by atoms with Crippen molar-refractivity contribution in [3.05, 3.63) is 54.9 Å². The zero-order valence-electron chi connectivity index (χ0n) is 21.6. The lowest BCUT2D eigenvalue weighted by atomic mass is 10.2. The summed E-state index contributed by atoms with van der Waals surface area (Å²) in [6.07, 6.45) is 14.4. The van der Waals surface area contributed by atoms with E-state index in [1.54, 1.807) is 24.4 Å². The van der Waals surface area contributed by atoms with E-state index in [4.69, 9.17) is 5.41 Å². The quantitative estimate of drug-likeness (QED) is 0.345. The second-order valence-electron chi connectivity index (χ2n) is 7.44. The van der Waals surface area contributed by atoms with Crippen LogP contribution in [0.4, 0.5) is 4.39 Å². The molecule has 4 heterocycles. The lowest BCUT2D eigenvalue weighted by Gasteiger charge is -2.24. The molecule has 1 unspecified atom stereocenters. The summed E-state index contributed by atoms with van der Waals surface area (Å²) < 4.78 is 28.9. The number of rotatable bonds is 5. The first-order chi connectivity index (χ1) is 17.0. The van der Waals surface area contributed by atoms with Crippen LogP contribution in [0.3, 0.4) is 0 Å². The van der Waals surface area contributed by atoms with Crippen LogP contribution in [0.5, 0.6) is 0 Å². The zero-order valence-corrected chi connectivity index (χ0v) is 22.4. The molecule has 1 aliphatic rings. The Labute approximate surface area is 211 Å². The van der Waals surface area contributed by atoms with E-state index in [1.165, 1.54) is 31.7 Å². The molecule has 1 atom stereocenters. The number of aryl methyl sites for hydroxylation is 1. The van der Waals surface area contributed by atoms with Crippen molar-refractivity contribution in [1.82, 2.24) is 23.8 Å². The van der Waals surface area contributed by atoms with E-state index < -0.39 is 16.9 Å². The first kappa shape index (κ1) is 30.3. The van der Waals surface area contributed by atoms with E-state index in [9.17, 15) is 8.60 Å². The molecule has 4 rings (SSSR count). The van der Waals surface area contributed by atoms with Gasteiger partial charge in [0, 0.05) is 44.5 Å². The van der Waals surface area contributed by atoms with Crippen LogP contribution in [0.25, 0.3) is 22.4 Å². The highest BCUT2D eigenvalue weighted by atomic mass is 32.2. The van der Waals surface area contributed by atoms with Crippen molar-refractivity contribution < 1.29 is 8.60 Å². The Balaban J connectivity index is 0.000000294. The first-order valence-electron chi connectivity index (χ1n) is 12.2. The summed E-state index contributed by atoms with van der Waals surface area (Å²) >= 11 is 0. The highest BCUT2D eigenvalue weighted by molar-refractivity contribution is 7.82. The van der Waals surface area contributed by atoms with Crippen LogP contribution in [-0.4, -0.2) is 53.1 Å². The Kier molecular flexibility index (Phi) is 15.2. The van der Waals surface area contributed by atoms with Gasteiger partial charge in [0.2, 0.25) is 5.95 Å². The van der Waals surface area contributed by atoms with Crippen LogP contribution in [0.2, 0.25) is 0 Å². The molecule has 9 heteroatoms. The molecule has 0 aromatic carbocycles. The van der Waals surface area contributed by atoms with Gasteiger partial charge in [-0.1, -0.05) is 33.3 Å². The van der Waals surface area contributed by atoms with Gasteiger partial charge in [-0.3, -0.25) is 4.98 Å². The highest BCUT2D eigenvalue weighted by Gasteiger charge is 2.14. The maximum Gasteiger partial charge on any atom is 0.222 e. The number of halogens is 1. The fourth-order valence-electron chi connectivity index (χ4n) is 3.19. The Morgan fingerprint density at radius 2 is 1.89 bits per heavy atom. The normalized spacial score (nSPS) is 14.1. The summed E-state index contributed by atoms with van der Waals surface area (Å²) in [7, 11) is 1.20. The SMILES string of the molecule is C/C=C\C=N.CC.CCCS(=O)N1CCCCC1.Cn1ccc2ncc(-c3cccnc3F)nc21. The van der Waals surface area contributed by atoms with E-state index in [0.717, 1.165) is 36.4 Å². The van der Waals surface area contributed by atoms with Crippen molar-refractivity contribution in [2.24, 2.45) is 7.05 Å². The Hall–Kier alpha value is -2.78. The van der Waals surface area contributed by atoms with Gasteiger partial charge in [-0.2, -0.15) is 4.39 Å². The predicted octanol–water partition coefficient (Wildman–Crippen LogP) is 5.95. The van der Waals surface area contributed by atoms with Crippen LogP contribution < -0.4 is 0 Å². The maximum atomic E-state index is 13.5. The van der Waals surface area contributed by atoms with Crippen LogP contribution in [-0.2, 0) is 18.0 Å². The average molecular weight is 503 g/mol. The van der Waals surface area contributed by atoms with Crippen molar-refractivity contribution >= 4 is 28.4 Å². The summed E-state index contributed by atoms with van der Waals surface area (Å²) in [5.41, 5.74) is 2.37. The molecule has 1 aliphatic heterocycles. The minimum absolute atomic E-state index is 0.364. The molecule has 0 spiro atoms. The van der Waals surface area contributed by atoms with Crippen molar-refractivity contribution in [2.75, 3.05) is 18.8 Å². The van der Waals surface area contributed by atoms with E-state index in [0.29, 0.717) is 11.3 Å². The zero-order chi connectivity index (χ0) is 26.1. The van der Waals surface area contributed by atoms with E-state index in [2.05, 4.69) is 26.2 Å². The van der Waals surface area contributed by atoms with Crippen molar-refractivity contribution in [3.8, 4) is 11.3 Å². The number of fused-ring (bicyclic) bond motifs is 1. The third kappa shape index (κ3) is 10.2. The van der Waals surface area contributed by atoms with Crippen LogP contribution in [0, 0.1) is 11.4 Å². The molecule has 0 aliphatic carbocycles. The van der Waals surface area contributed by atoms with Gasteiger partial charge in [0.05, 0.1) is 28.4 Å². The first-order valence-corrected chi connectivity index (χ1v) is 13.4. The predicted molar refractivity (Wildman–Crippen MR) is 145 cm³/mol. The monoisotopic (exact) mass is 502 g/mol. The summed E-state index contributed by atoms with van der Waals surface area (Å²) in [5.74, 6) is 0.315. The van der Waals surface area contributed by atoms with E-state index in [-0.39, 0.29) is 0 Å². The second kappa shape index (κ2) is 17.6. The number of aromatic nitrogens is 4. The Morgan fingerprint density at radius 3 is 2.46 bits per heavy atom. The lowest BCUT2D eigenvalue weighted by Crippen LogP contribution is -2.32. The summed E-state index contributed by atoms with van der Waals surface area (Å²) in [4.78, 5) is 12.2. The van der Waals surface area contributed by atoms with Crippen molar-refractivity contribution in [2.45, 2.75) is 53.4 Å². The molecule has 3 aromatic rings. The molecule has 7 nitrogen and oxygen atoms in total. The minimum Gasteiger partial charge on any atom is -0.334 e. The summed E-state index contributed by atoms with van der Waals surface area (Å²) in [5, 5.41) is 6.39. The number of hydrogen-bond acceptors (Lipinski definition) is 5. The molecule has 0 saturated carbocycles. The molecule has 0 bridgehead atoms. The highest BCUT2D eigenvalue weighted by Crippen LogP contribution is 2.20. The minimum atomic E-state index is -0.673. The lowest BCUT2D eigenvalue weighted by molar-refractivity contribution is 0.365. The maximum absolute atomic E-state index is 13.5. The van der Waals surface area contributed by atoms with Gasteiger partial charge in [-0.05, 0) is 50.5 Å². The molecule has 1 fully saturated rings. The Morgan fingerprint density at radius 1 is 1.17 bits per heavy atom. The third-order valence-electron chi connectivity index (χ3n) is 4.88. The number of hydrogen-bond donors (Lipinski definition) is 1. The standard InChI is InChI=1S/C12H9FN4.C8H17NOS.C4H7N.C2H6/c1-17-6-4-9-12(17)16-10(7-15-9)8-3-2-5-14-11(8)13;1-2-8-11(10)9-6-4-3-5-7-9;1-2-3-4-5;1-2/h2-7H,1H3;2-8H2,1H3;2-5H,1H3;1-2H3/b;;3-2-,5-4?;. The van der Waals surface area contributed by atoms with Crippen molar-refractivity contribution in [1.29, 1.82) is 5.41 Å². The molecule has 1 saturated heterocycles. The van der Waals surface area contributed by atoms with Gasteiger partial charge in [-0.15, -0.1) is 0 Å². The van der Waals surface area contributed by atoms with E-state index in [1.807, 2.05) is 50.7 Å².